The van der Waals surface area contributed by atoms with Crippen LogP contribution in [0.15, 0.2) is 35.6 Å². The summed E-state index contributed by atoms with van der Waals surface area (Å²) in [6.45, 7) is 0. The van der Waals surface area contributed by atoms with E-state index in [0.29, 0.717) is 15.7 Å². The van der Waals surface area contributed by atoms with E-state index in [0.717, 1.165) is 4.73 Å². The van der Waals surface area contributed by atoms with E-state index in [4.69, 9.17) is 0 Å². The summed E-state index contributed by atoms with van der Waals surface area (Å²) in [5, 5.41) is 12.8. The van der Waals surface area contributed by atoms with Gasteiger partial charge in [-0.3, -0.25) is 0 Å². The fourth-order valence-corrected chi connectivity index (χ4v) is 0.970. The lowest BCUT2D eigenvalue weighted by Crippen LogP contribution is -2.15. The van der Waals surface area contributed by atoms with Crippen molar-refractivity contribution >= 4 is 0 Å². The number of rotatable bonds is 1. The third-order valence-corrected chi connectivity index (χ3v) is 1.58. The van der Waals surface area contributed by atoms with Gasteiger partial charge in [-0.05, 0) is 0 Å². The third kappa shape index (κ3) is 1.28. The zero-order chi connectivity index (χ0) is 9.26. The van der Waals surface area contributed by atoms with Crippen LogP contribution in [0, 0.1) is 4.91 Å². The zero-order valence-corrected chi connectivity index (χ0v) is 6.49. The lowest BCUT2D eigenvalue weighted by molar-refractivity contribution is -0.495. The summed E-state index contributed by atoms with van der Waals surface area (Å²) in [5.41, 5.74) is 0.853. The van der Waals surface area contributed by atoms with Crippen LogP contribution in [0.2, 0.25) is 0 Å². The minimum absolute atomic E-state index is 0.318. The Morgan fingerprint density at radius 1 is 1.62 bits per heavy atom. The van der Waals surface area contributed by atoms with Crippen molar-refractivity contribution in [1.29, 1.82) is 0 Å². The maximum atomic E-state index is 10.9. The van der Waals surface area contributed by atoms with Crippen molar-refractivity contribution in [2.45, 2.75) is 0 Å². The van der Waals surface area contributed by atoms with E-state index in [1.165, 1.54) is 31.1 Å². The summed E-state index contributed by atoms with van der Waals surface area (Å²) in [7, 11) is 0. The first kappa shape index (κ1) is 7.53. The molecule has 0 unspecified atom stereocenters. The molecule has 0 spiro atoms. The highest BCUT2D eigenvalue weighted by Gasteiger charge is 2.09. The Morgan fingerprint density at radius 3 is 3.15 bits per heavy atom. The molecule has 0 saturated carbocycles. The van der Waals surface area contributed by atoms with Gasteiger partial charge in [0.05, 0.1) is 16.2 Å². The average molecular weight is 180 g/mol. The van der Waals surface area contributed by atoms with Gasteiger partial charge in [0.15, 0.2) is 5.69 Å². The number of aromatic nitrogens is 3. The van der Waals surface area contributed by atoms with Crippen molar-refractivity contribution in [2.75, 3.05) is 0 Å². The second-order valence-corrected chi connectivity index (χ2v) is 2.43. The van der Waals surface area contributed by atoms with Crippen LogP contribution < -0.4 is 4.43 Å². The number of hydrogen-bond donors (Lipinski definition) is 1. The zero-order valence-electron chi connectivity index (χ0n) is 6.49. The Hall–Kier alpha value is -2.11. The van der Waals surface area contributed by atoms with E-state index in [1.54, 1.807) is 0 Å². The molecule has 13 heavy (non-hydrogen) atoms. The van der Waals surface area contributed by atoms with Crippen molar-refractivity contribution in [3.63, 3.8) is 0 Å². The van der Waals surface area contributed by atoms with Crippen LogP contribution in [0.25, 0.3) is 11.3 Å². The molecule has 0 aromatic carbocycles. The van der Waals surface area contributed by atoms with E-state index in [-0.39, 0.29) is 0 Å². The van der Waals surface area contributed by atoms with Crippen molar-refractivity contribution in [1.82, 2.24) is 9.89 Å². The summed E-state index contributed by atoms with van der Waals surface area (Å²) in [5.74, 6) is 0. The van der Waals surface area contributed by atoms with Gasteiger partial charge in [-0.1, -0.05) is 5.16 Å². The highest BCUT2D eigenvalue weighted by atomic mass is 16.5. The van der Waals surface area contributed by atoms with Gasteiger partial charge in [0.25, 0.3) is 6.20 Å². The average Bonchev–Trinajstić information content (AvgIpc) is 2.61. The Bertz CT molecular complexity index is 460. The quantitative estimate of drug-likeness (QED) is 0.505. The SMILES string of the molecule is O=[n+]1ccn(O)c(-c2cnoc2)c1. The lowest BCUT2D eigenvalue weighted by Gasteiger charge is -1.97. The van der Waals surface area contributed by atoms with Crippen LogP contribution in [-0.2, 0) is 0 Å². The van der Waals surface area contributed by atoms with E-state index in [1.807, 2.05) is 0 Å². The smallest absolute Gasteiger partial charge is 0.255 e. The summed E-state index contributed by atoms with van der Waals surface area (Å²) in [4.78, 5) is 10.9. The molecule has 0 bridgehead atoms. The predicted molar refractivity (Wildman–Crippen MR) is 40.5 cm³/mol. The molecular formula is C7H6N3O3+. The van der Waals surface area contributed by atoms with Crippen LogP contribution in [0.5, 0.6) is 0 Å². The number of hydrogen-bond acceptors (Lipinski definition) is 4. The Morgan fingerprint density at radius 2 is 2.46 bits per heavy atom. The molecule has 66 valence electrons. The highest BCUT2D eigenvalue weighted by Crippen LogP contribution is 2.14. The molecule has 0 amide bonds. The third-order valence-electron chi connectivity index (χ3n) is 1.58. The largest absolute Gasteiger partial charge is 0.428 e. The number of nitrogens with zero attached hydrogens (tertiary/aromatic N) is 3. The highest BCUT2D eigenvalue weighted by molar-refractivity contribution is 5.54. The van der Waals surface area contributed by atoms with Crippen LogP contribution in [-0.4, -0.2) is 15.1 Å². The second kappa shape index (κ2) is 2.74. The first-order valence-electron chi connectivity index (χ1n) is 3.51. The van der Waals surface area contributed by atoms with Gasteiger partial charge in [-0.25, -0.2) is 0 Å². The van der Waals surface area contributed by atoms with E-state index >= 15 is 0 Å². The van der Waals surface area contributed by atoms with Crippen LogP contribution in [0.4, 0.5) is 0 Å². The minimum atomic E-state index is 0.318. The van der Waals surface area contributed by atoms with E-state index in [2.05, 4.69) is 9.68 Å². The lowest BCUT2D eigenvalue weighted by atomic mass is 10.3. The maximum absolute atomic E-state index is 10.9. The molecule has 0 atom stereocenters. The van der Waals surface area contributed by atoms with Gasteiger partial charge in [-0.15, -0.1) is 0 Å². The summed E-state index contributed by atoms with van der Waals surface area (Å²) < 4.78 is 5.98. The molecule has 0 aliphatic rings. The molecule has 0 fully saturated rings. The summed E-state index contributed by atoms with van der Waals surface area (Å²) in [6.07, 6.45) is 6.36. The molecule has 2 rings (SSSR count). The van der Waals surface area contributed by atoms with Gasteiger partial charge >= 0.3 is 0 Å². The van der Waals surface area contributed by atoms with Gasteiger partial charge < -0.3 is 9.73 Å². The first-order chi connectivity index (χ1) is 6.27. The molecule has 0 aliphatic carbocycles. The standard InChI is InChI=1S/C7H6N3O3/c11-9-1-2-10(12)7(4-9)6-3-8-13-5-6/h1-5,12H/q+1. The molecule has 2 aromatic heterocycles. The van der Waals surface area contributed by atoms with Gasteiger partial charge in [-0.2, -0.15) is 4.73 Å². The van der Waals surface area contributed by atoms with Gasteiger partial charge in [0.1, 0.15) is 12.5 Å². The Balaban J connectivity index is 2.64. The molecule has 0 saturated heterocycles. The van der Waals surface area contributed by atoms with Gasteiger partial charge in [0.2, 0.25) is 6.20 Å². The monoisotopic (exact) mass is 180 g/mol. The summed E-state index contributed by atoms with van der Waals surface area (Å²) in [6, 6.07) is 0. The van der Waals surface area contributed by atoms with Crippen molar-refractivity contribution in [2.24, 2.45) is 0 Å². The molecule has 2 aromatic rings. The fourth-order valence-electron chi connectivity index (χ4n) is 0.970. The predicted octanol–water partition coefficient (Wildman–Crippen LogP) is 0.295. The molecule has 6 nitrogen and oxygen atoms in total. The second-order valence-electron chi connectivity index (χ2n) is 2.43. The molecular weight excluding hydrogens is 174 g/mol. The van der Waals surface area contributed by atoms with Crippen LogP contribution in [0.3, 0.4) is 0 Å². The van der Waals surface area contributed by atoms with Crippen LogP contribution in [0.1, 0.15) is 0 Å². The van der Waals surface area contributed by atoms with Gasteiger partial charge in [0, 0.05) is 4.91 Å². The van der Waals surface area contributed by atoms with Crippen LogP contribution >= 0.6 is 0 Å². The molecule has 0 aliphatic heterocycles. The van der Waals surface area contributed by atoms with Crippen molar-refractivity contribution in [3.05, 3.63) is 36.0 Å². The van der Waals surface area contributed by atoms with Crippen molar-refractivity contribution in [3.8, 4) is 11.3 Å². The van der Waals surface area contributed by atoms with E-state index < -0.39 is 0 Å². The first-order valence-corrected chi connectivity index (χ1v) is 3.51. The fraction of sp³-hybridized carbons (Fsp3) is 0. The Kier molecular flexibility index (Phi) is 1.59. The van der Waals surface area contributed by atoms with E-state index in [9.17, 15) is 10.1 Å². The minimum Gasteiger partial charge on any atom is -0.428 e. The molecule has 2 heterocycles. The molecule has 6 heteroatoms. The Labute approximate surface area is 72.2 Å². The normalized spacial score (nSPS) is 10.2. The molecule has 0 radical (unpaired) electrons. The van der Waals surface area contributed by atoms with Crippen molar-refractivity contribution < 1.29 is 14.2 Å². The maximum Gasteiger partial charge on any atom is 0.255 e. The topological polar surface area (TPSA) is 74.2 Å². The summed E-state index contributed by atoms with van der Waals surface area (Å²) >= 11 is 0. The molecule has 1 N–H and O–H groups in total.